The fourth-order valence-electron chi connectivity index (χ4n) is 4.72. The number of amides is 1. The highest BCUT2D eigenvalue weighted by atomic mass is 16.5. The number of carbonyl (C=O) groups is 1. The second kappa shape index (κ2) is 7.12. The van der Waals surface area contributed by atoms with E-state index in [0.717, 1.165) is 17.7 Å². The van der Waals surface area contributed by atoms with Gasteiger partial charge in [-0.2, -0.15) is 4.98 Å². The molecule has 8 heteroatoms. The number of benzene rings is 1. The van der Waals surface area contributed by atoms with Crippen molar-refractivity contribution >= 4 is 11.9 Å². The molecule has 0 saturated carbocycles. The fraction of sp³-hybridized carbons (Fsp3) is 0.364. The first-order valence-corrected chi connectivity index (χ1v) is 10.1. The molecule has 2 aliphatic rings. The molecule has 30 heavy (non-hydrogen) atoms. The molecule has 2 bridgehead atoms. The molecule has 0 N–H and O–H groups in total. The third kappa shape index (κ3) is 2.99. The van der Waals surface area contributed by atoms with E-state index in [1.165, 1.54) is 6.07 Å². The van der Waals surface area contributed by atoms with Gasteiger partial charge in [-0.3, -0.25) is 14.2 Å². The second-order valence-corrected chi connectivity index (χ2v) is 8.20. The number of carbonyl (C=O) groups excluding carboxylic acids is 1. The van der Waals surface area contributed by atoms with Crippen LogP contribution in [-0.2, 0) is 4.79 Å². The molecule has 1 aromatic carbocycles. The van der Waals surface area contributed by atoms with Crippen molar-refractivity contribution in [2.45, 2.75) is 18.4 Å². The predicted molar refractivity (Wildman–Crippen MR) is 111 cm³/mol. The van der Waals surface area contributed by atoms with Crippen LogP contribution in [0.25, 0.3) is 11.5 Å². The zero-order valence-electron chi connectivity index (χ0n) is 16.9. The van der Waals surface area contributed by atoms with E-state index in [0.29, 0.717) is 24.9 Å². The Balaban J connectivity index is 1.52. The third-order valence-electron chi connectivity index (χ3n) is 6.06. The number of rotatable bonds is 3. The molecule has 1 amide bonds. The Hall–Kier alpha value is -3.42. The van der Waals surface area contributed by atoms with Gasteiger partial charge in [-0.1, -0.05) is 24.3 Å². The van der Waals surface area contributed by atoms with E-state index in [1.54, 1.807) is 29.6 Å². The number of anilines is 1. The highest BCUT2D eigenvalue weighted by Gasteiger charge is 2.45. The number of aromatic nitrogens is 3. The van der Waals surface area contributed by atoms with Crippen LogP contribution in [0.2, 0.25) is 0 Å². The molecule has 154 valence electrons. The van der Waals surface area contributed by atoms with E-state index < -0.39 is 6.04 Å². The first-order chi connectivity index (χ1) is 14.5. The standard InChI is InChI=1S/C22H23N5O3/c1-25(2)21(29)19-16-11-15(17-9-6-10-18(28)27(17)19)12-26(13-16)22-23-20(30-24-22)14-7-4-3-5-8-14/h3-10,15-16,19H,11-13H2,1-2H3/t15-,16+,19-/m1/s1. The van der Waals surface area contributed by atoms with E-state index >= 15 is 0 Å². The van der Waals surface area contributed by atoms with Gasteiger partial charge in [0.05, 0.1) is 0 Å². The molecule has 3 atom stereocenters. The maximum Gasteiger partial charge on any atom is 0.266 e. The largest absolute Gasteiger partial charge is 0.347 e. The van der Waals surface area contributed by atoms with Crippen molar-refractivity contribution in [2.24, 2.45) is 5.92 Å². The highest BCUT2D eigenvalue weighted by molar-refractivity contribution is 5.81. The molecule has 5 rings (SSSR count). The molecule has 0 radical (unpaired) electrons. The second-order valence-electron chi connectivity index (χ2n) is 8.20. The lowest BCUT2D eigenvalue weighted by Crippen LogP contribution is -2.53. The number of hydrogen-bond donors (Lipinski definition) is 0. The number of fused-ring (bicyclic) bond motifs is 4. The van der Waals surface area contributed by atoms with Crippen molar-refractivity contribution in [3.8, 4) is 11.5 Å². The summed E-state index contributed by atoms with van der Waals surface area (Å²) >= 11 is 0. The monoisotopic (exact) mass is 405 g/mol. The van der Waals surface area contributed by atoms with Crippen molar-refractivity contribution in [1.82, 2.24) is 19.6 Å². The van der Waals surface area contributed by atoms with Crippen molar-refractivity contribution in [2.75, 3.05) is 32.1 Å². The van der Waals surface area contributed by atoms with E-state index in [2.05, 4.69) is 15.0 Å². The summed E-state index contributed by atoms with van der Waals surface area (Å²) < 4.78 is 7.19. The Bertz CT molecular complexity index is 1140. The number of piperidine rings is 1. The lowest BCUT2D eigenvalue weighted by Gasteiger charge is -2.46. The number of pyridine rings is 1. The molecule has 2 aliphatic heterocycles. The lowest BCUT2D eigenvalue weighted by atomic mass is 9.78. The van der Waals surface area contributed by atoms with Crippen molar-refractivity contribution < 1.29 is 9.32 Å². The van der Waals surface area contributed by atoms with Crippen LogP contribution in [0.15, 0.2) is 57.8 Å². The Morgan fingerprint density at radius 2 is 1.90 bits per heavy atom. The molecule has 0 unspecified atom stereocenters. The van der Waals surface area contributed by atoms with Gasteiger partial charge in [-0.25, -0.2) is 0 Å². The van der Waals surface area contributed by atoms with Crippen LogP contribution >= 0.6 is 0 Å². The summed E-state index contributed by atoms with van der Waals surface area (Å²) in [4.78, 5) is 34.0. The van der Waals surface area contributed by atoms with Crippen molar-refractivity contribution in [1.29, 1.82) is 0 Å². The Labute approximate surface area is 173 Å². The first-order valence-electron chi connectivity index (χ1n) is 10.1. The summed E-state index contributed by atoms with van der Waals surface area (Å²) in [7, 11) is 3.46. The zero-order valence-corrected chi connectivity index (χ0v) is 16.9. The zero-order chi connectivity index (χ0) is 20.8. The lowest BCUT2D eigenvalue weighted by molar-refractivity contribution is -0.134. The molecule has 0 aliphatic carbocycles. The van der Waals surface area contributed by atoms with Gasteiger partial charge in [0, 0.05) is 56.3 Å². The van der Waals surface area contributed by atoms with Crippen LogP contribution in [-0.4, -0.2) is 52.7 Å². The molecule has 8 nitrogen and oxygen atoms in total. The SMILES string of the molecule is CN(C)C(=O)[C@H]1[C@H]2C[C@H](CN(c3noc(-c4ccccc4)n3)C2)c2cccc(=O)n21. The van der Waals surface area contributed by atoms with Crippen LogP contribution < -0.4 is 10.5 Å². The Morgan fingerprint density at radius 1 is 1.10 bits per heavy atom. The van der Waals surface area contributed by atoms with Gasteiger partial charge in [0.15, 0.2) is 0 Å². The van der Waals surface area contributed by atoms with Crippen LogP contribution in [0.4, 0.5) is 5.95 Å². The van der Waals surface area contributed by atoms with Crippen LogP contribution in [0, 0.1) is 5.92 Å². The molecule has 1 saturated heterocycles. The molecule has 0 spiro atoms. The minimum atomic E-state index is -0.525. The van der Waals surface area contributed by atoms with Crippen LogP contribution in [0.5, 0.6) is 0 Å². The van der Waals surface area contributed by atoms with Crippen LogP contribution in [0.3, 0.4) is 0 Å². The summed E-state index contributed by atoms with van der Waals surface area (Å²) in [5.41, 5.74) is 1.64. The summed E-state index contributed by atoms with van der Waals surface area (Å²) in [6, 6.07) is 14.4. The maximum atomic E-state index is 13.0. The number of likely N-dealkylation sites (N-methyl/N-ethyl adjacent to an activating group) is 1. The first kappa shape index (κ1) is 18.6. The topological polar surface area (TPSA) is 84.5 Å². The van der Waals surface area contributed by atoms with Gasteiger partial charge >= 0.3 is 0 Å². The van der Waals surface area contributed by atoms with Gasteiger partial charge < -0.3 is 14.3 Å². The number of nitrogens with zero attached hydrogens (tertiary/aromatic N) is 5. The maximum absolute atomic E-state index is 13.0. The smallest absolute Gasteiger partial charge is 0.266 e. The van der Waals surface area contributed by atoms with Gasteiger partial charge in [-0.15, -0.1) is 0 Å². The highest BCUT2D eigenvalue weighted by Crippen LogP contribution is 2.42. The van der Waals surface area contributed by atoms with Gasteiger partial charge in [0.2, 0.25) is 5.91 Å². The normalized spacial score (nSPS) is 22.5. The predicted octanol–water partition coefficient (Wildman–Crippen LogP) is 2.15. The summed E-state index contributed by atoms with van der Waals surface area (Å²) in [5.74, 6) is 1.05. The Kier molecular flexibility index (Phi) is 4.42. The van der Waals surface area contributed by atoms with E-state index in [4.69, 9.17) is 4.52 Å². The molecule has 2 aromatic heterocycles. The van der Waals surface area contributed by atoms with E-state index in [-0.39, 0.29) is 23.3 Å². The number of hydrogen-bond acceptors (Lipinski definition) is 6. The van der Waals surface area contributed by atoms with Crippen molar-refractivity contribution in [3.63, 3.8) is 0 Å². The molecular formula is C22H23N5O3. The molecular weight excluding hydrogens is 382 g/mol. The summed E-state index contributed by atoms with van der Waals surface area (Å²) in [5, 5.41) is 4.20. The van der Waals surface area contributed by atoms with Crippen LogP contribution in [0.1, 0.15) is 24.1 Å². The summed E-state index contributed by atoms with van der Waals surface area (Å²) in [6.45, 7) is 1.27. The van der Waals surface area contributed by atoms with Gasteiger partial charge in [0.1, 0.15) is 6.04 Å². The van der Waals surface area contributed by atoms with Gasteiger partial charge in [0.25, 0.3) is 17.4 Å². The molecule has 3 aromatic rings. The average Bonchev–Trinajstić information content (AvgIpc) is 3.25. The van der Waals surface area contributed by atoms with E-state index in [9.17, 15) is 9.59 Å². The third-order valence-corrected chi connectivity index (χ3v) is 6.06. The summed E-state index contributed by atoms with van der Waals surface area (Å²) in [6.07, 6.45) is 0.855. The van der Waals surface area contributed by atoms with Crippen molar-refractivity contribution in [3.05, 3.63) is 64.6 Å². The minimum absolute atomic E-state index is 0.00933. The molecule has 1 fully saturated rings. The molecule has 4 heterocycles. The quantitative estimate of drug-likeness (QED) is 0.664. The fourth-order valence-corrected chi connectivity index (χ4v) is 4.72. The van der Waals surface area contributed by atoms with E-state index in [1.807, 2.05) is 36.4 Å². The Morgan fingerprint density at radius 3 is 2.67 bits per heavy atom. The van der Waals surface area contributed by atoms with Gasteiger partial charge in [-0.05, 0) is 29.8 Å². The average molecular weight is 405 g/mol. The minimum Gasteiger partial charge on any atom is -0.347 e.